The van der Waals surface area contributed by atoms with Gasteiger partial charge in [0.1, 0.15) is 19.8 Å². The first-order chi connectivity index (χ1) is 28.4. The number of nitrogens with zero attached hydrogens (tertiary/aromatic N) is 1. The number of rotatable bonds is 38. The molecule has 0 aromatic rings. The Balaban J connectivity index is 4.59. The molecular weight excluding hydrogens is 765 g/mol. The molecule has 0 aliphatic heterocycles. The van der Waals surface area contributed by atoms with E-state index in [9.17, 15) is 24.2 Å². The number of unbranched alkanes of at least 4 members (excludes halogenated alkanes) is 5. The van der Waals surface area contributed by atoms with E-state index < -0.39 is 32.5 Å². The molecule has 11 heteroatoms. The van der Waals surface area contributed by atoms with Crippen molar-refractivity contribution < 1.29 is 47.2 Å². The van der Waals surface area contributed by atoms with Crippen molar-refractivity contribution in [3.8, 4) is 0 Å². The highest BCUT2D eigenvalue weighted by Gasteiger charge is 2.21. The average molecular weight is 846 g/mol. The maximum Gasteiger partial charge on any atom is 0.306 e. The van der Waals surface area contributed by atoms with E-state index >= 15 is 0 Å². The molecular formula is C48H80NO9P. The zero-order chi connectivity index (χ0) is 43.7. The summed E-state index contributed by atoms with van der Waals surface area (Å²) in [6.45, 7) is 3.83. The maximum atomic E-state index is 12.7. The fraction of sp³-hybridized carbons (Fsp3) is 0.625. The Bertz CT molecular complexity index is 1340. The molecule has 0 heterocycles. The first-order valence-corrected chi connectivity index (χ1v) is 23.5. The monoisotopic (exact) mass is 846 g/mol. The summed E-state index contributed by atoms with van der Waals surface area (Å²) >= 11 is 0. The lowest BCUT2D eigenvalue weighted by molar-refractivity contribution is -0.870. The van der Waals surface area contributed by atoms with Crippen LogP contribution >= 0.6 is 7.82 Å². The number of hydrogen-bond donors (Lipinski definition) is 1. The maximum absolute atomic E-state index is 12.7. The van der Waals surface area contributed by atoms with Crippen LogP contribution in [0.25, 0.3) is 0 Å². The van der Waals surface area contributed by atoms with Gasteiger partial charge in [-0.15, -0.1) is 0 Å². The van der Waals surface area contributed by atoms with Gasteiger partial charge in [0.25, 0.3) is 7.82 Å². The van der Waals surface area contributed by atoms with Gasteiger partial charge < -0.3 is 33.0 Å². The third kappa shape index (κ3) is 42.8. The molecule has 0 aliphatic rings. The standard InChI is InChI=1S/C48H80NO9P/c1-6-8-9-10-11-12-13-14-15-16-17-20-23-26-29-32-35-39-47(51)55-43-46(44-57-59(53,54)56-42-41-49(3,4)5)58-48(52)40-36-33-30-27-24-21-18-19-22-25-28-31-34-38-45(50)37-7-2/h11-12,14-15,17-18,20-22,25-27,29-31,34,45-46,50H,6-10,13,16,19,23-24,28,32-33,35-44H2,1-5H3/b12-11-,15-14-,20-17-,21-18-,25-22-,29-26-,30-27-,34-31-/t45?,46-/m1/s1. The van der Waals surface area contributed by atoms with E-state index in [1.54, 1.807) is 0 Å². The quantitative estimate of drug-likeness (QED) is 0.0212. The number of aliphatic hydroxyl groups excluding tert-OH is 1. The number of hydrogen-bond acceptors (Lipinski definition) is 9. The van der Waals surface area contributed by atoms with E-state index in [-0.39, 0.29) is 32.2 Å². The molecule has 0 fully saturated rings. The van der Waals surface area contributed by atoms with Crippen molar-refractivity contribution in [1.82, 2.24) is 0 Å². The van der Waals surface area contributed by atoms with Crippen molar-refractivity contribution in [2.75, 3.05) is 47.5 Å². The lowest BCUT2D eigenvalue weighted by atomic mass is 10.1. The van der Waals surface area contributed by atoms with Crippen LogP contribution in [0.3, 0.4) is 0 Å². The molecule has 59 heavy (non-hydrogen) atoms. The molecule has 0 radical (unpaired) electrons. The summed E-state index contributed by atoms with van der Waals surface area (Å²) < 4.78 is 33.7. The molecule has 336 valence electrons. The van der Waals surface area contributed by atoms with Gasteiger partial charge >= 0.3 is 11.9 Å². The van der Waals surface area contributed by atoms with Crippen LogP contribution in [0.5, 0.6) is 0 Å². The number of quaternary nitrogens is 1. The molecule has 0 saturated carbocycles. The summed E-state index contributed by atoms with van der Waals surface area (Å²) in [7, 11) is 1.06. The summed E-state index contributed by atoms with van der Waals surface area (Å²) in [6, 6.07) is 0. The second-order valence-corrected chi connectivity index (χ2v) is 16.9. The number of ether oxygens (including phenoxy) is 2. The molecule has 0 aromatic heterocycles. The number of esters is 2. The van der Waals surface area contributed by atoms with Gasteiger partial charge in [-0.05, 0) is 89.9 Å². The Morgan fingerprint density at radius 2 is 1.07 bits per heavy atom. The molecule has 1 N–H and O–H groups in total. The van der Waals surface area contributed by atoms with E-state index in [0.717, 1.165) is 57.8 Å². The summed E-state index contributed by atoms with van der Waals surface area (Å²) in [5, 5.41) is 9.74. The second kappa shape index (κ2) is 39.1. The minimum atomic E-state index is -4.67. The summed E-state index contributed by atoms with van der Waals surface area (Å²) in [4.78, 5) is 37.5. The number of likely N-dealkylation sites (N-methyl/N-ethyl adjacent to an activating group) is 1. The lowest BCUT2D eigenvalue weighted by Crippen LogP contribution is -2.37. The van der Waals surface area contributed by atoms with Gasteiger partial charge in [0.2, 0.25) is 0 Å². The lowest BCUT2D eigenvalue weighted by Gasteiger charge is -2.28. The molecule has 0 spiro atoms. The average Bonchev–Trinajstić information content (AvgIpc) is 3.18. The van der Waals surface area contributed by atoms with E-state index in [1.165, 1.54) is 19.3 Å². The van der Waals surface area contributed by atoms with Crippen molar-refractivity contribution in [3.05, 3.63) is 97.2 Å². The Morgan fingerprint density at radius 3 is 1.54 bits per heavy atom. The fourth-order valence-electron chi connectivity index (χ4n) is 5.18. The second-order valence-electron chi connectivity index (χ2n) is 15.5. The molecule has 0 rings (SSSR count). The number of phosphoric acid groups is 1. The molecule has 0 bridgehead atoms. The van der Waals surface area contributed by atoms with Crippen molar-refractivity contribution in [2.45, 2.75) is 148 Å². The van der Waals surface area contributed by atoms with Crippen LogP contribution in [0.2, 0.25) is 0 Å². The molecule has 0 amide bonds. The number of carbonyl (C=O) groups excluding carboxylic acids is 2. The first kappa shape index (κ1) is 55.9. The normalized spacial score (nSPS) is 15.0. The largest absolute Gasteiger partial charge is 0.756 e. The predicted molar refractivity (Wildman–Crippen MR) is 241 cm³/mol. The van der Waals surface area contributed by atoms with Crippen LogP contribution in [-0.4, -0.2) is 81.2 Å². The molecule has 0 saturated heterocycles. The highest BCUT2D eigenvalue weighted by atomic mass is 31.2. The van der Waals surface area contributed by atoms with Gasteiger partial charge in [0.15, 0.2) is 6.10 Å². The van der Waals surface area contributed by atoms with E-state index in [2.05, 4.69) is 86.8 Å². The zero-order valence-corrected chi connectivity index (χ0v) is 38.2. The van der Waals surface area contributed by atoms with Crippen LogP contribution < -0.4 is 4.89 Å². The van der Waals surface area contributed by atoms with Crippen LogP contribution in [-0.2, 0) is 32.7 Å². The molecule has 3 atom stereocenters. The van der Waals surface area contributed by atoms with E-state index in [1.807, 2.05) is 45.4 Å². The highest BCUT2D eigenvalue weighted by molar-refractivity contribution is 7.45. The van der Waals surface area contributed by atoms with Crippen LogP contribution in [0.1, 0.15) is 136 Å². The van der Waals surface area contributed by atoms with E-state index in [0.29, 0.717) is 43.1 Å². The molecule has 0 aromatic carbocycles. The van der Waals surface area contributed by atoms with E-state index in [4.69, 9.17) is 18.5 Å². The van der Waals surface area contributed by atoms with Crippen molar-refractivity contribution >= 4 is 19.8 Å². The van der Waals surface area contributed by atoms with Crippen molar-refractivity contribution in [3.63, 3.8) is 0 Å². The third-order valence-electron chi connectivity index (χ3n) is 8.63. The predicted octanol–water partition coefficient (Wildman–Crippen LogP) is 10.9. The SMILES string of the molecule is CCCCC/C=C\C/C=C\C/C=C\C/C=C\CCCC(=O)OC[C@H](COP(=O)([O-])OCC[N+](C)(C)C)OC(=O)CCC/C=C\C/C=C\C/C=C\C/C=C\CC(O)CCC. The van der Waals surface area contributed by atoms with Gasteiger partial charge in [-0.1, -0.05) is 130 Å². The minimum absolute atomic E-state index is 0.0618. The van der Waals surface area contributed by atoms with Crippen LogP contribution in [0.4, 0.5) is 0 Å². The highest BCUT2D eigenvalue weighted by Crippen LogP contribution is 2.38. The zero-order valence-electron chi connectivity index (χ0n) is 37.3. The number of allylic oxidation sites excluding steroid dienone is 15. The van der Waals surface area contributed by atoms with Crippen LogP contribution in [0, 0.1) is 0 Å². The number of phosphoric ester groups is 1. The number of aliphatic hydroxyl groups is 1. The Hall–Kier alpha value is -3.11. The number of carbonyl (C=O) groups is 2. The first-order valence-electron chi connectivity index (χ1n) is 22.0. The van der Waals surface area contributed by atoms with Crippen LogP contribution in [0.15, 0.2) is 97.2 Å². The Kier molecular flexibility index (Phi) is 37.0. The van der Waals surface area contributed by atoms with Gasteiger partial charge in [-0.2, -0.15) is 0 Å². The summed E-state index contributed by atoms with van der Waals surface area (Å²) in [5.41, 5.74) is 0. The topological polar surface area (TPSA) is 131 Å². The van der Waals surface area contributed by atoms with Gasteiger partial charge in [-0.3, -0.25) is 14.2 Å². The Morgan fingerprint density at radius 1 is 0.610 bits per heavy atom. The smallest absolute Gasteiger partial charge is 0.306 e. The van der Waals surface area contributed by atoms with Gasteiger partial charge in [0.05, 0.1) is 33.9 Å². The third-order valence-corrected chi connectivity index (χ3v) is 9.60. The minimum Gasteiger partial charge on any atom is -0.756 e. The fourth-order valence-corrected chi connectivity index (χ4v) is 5.91. The summed E-state index contributed by atoms with van der Waals surface area (Å²) in [6.07, 6.45) is 48.0. The molecule has 10 nitrogen and oxygen atoms in total. The molecule has 0 aliphatic carbocycles. The van der Waals surface area contributed by atoms with Gasteiger partial charge in [-0.25, -0.2) is 0 Å². The summed E-state index contributed by atoms with van der Waals surface area (Å²) in [5.74, 6) is -0.998. The van der Waals surface area contributed by atoms with Gasteiger partial charge in [0, 0.05) is 12.8 Å². The van der Waals surface area contributed by atoms with Crippen molar-refractivity contribution in [1.29, 1.82) is 0 Å². The van der Waals surface area contributed by atoms with Crippen molar-refractivity contribution in [2.24, 2.45) is 0 Å². The molecule has 2 unspecified atom stereocenters. The Labute approximate surface area is 358 Å².